The van der Waals surface area contributed by atoms with Crippen molar-refractivity contribution in [3.63, 3.8) is 0 Å². The van der Waals surface area contributed by atoms with E-state index in [1.165, 1.54) is 13.8 Å². The Morgan fingerprint density at radius 1 is 1.09 bits per heavy atom. The average Bonchev–Trinajstić information content (AvgIpc) is 2.44. The van der Waals surface area contributed by atoms with Crippen LogP contribution >= 0.6 is 0 Å². The monoisotopic (exact) mass is 322 g/mol. The lowest BCUT2D eigenvalue weighted by Gasteiger charge is -2.39. The van der Waals surface area contributed by atoms with Gasteiger partial charge in [-0.05, 0) is 13.8 Å². The van der Waals surface area contributed by atoms with Crippen molar-refractivity contribution in [3.05, 3.63) is 0 Å². The molecule has 0 saturated carbocycles. The van der Waals surface area contributed by atoms with Crippen LogP contribution in [-0.4, -0.2) is 76.7 Å². The fourth-order valence-corrected chi connectivity index (χ4v) is 1.72. The Labute approximate surface area is 126 Å². The molecule has 1 heterocycles. The standard InChI is InChI=1S/C12H22N2O8/c1-4(13)10(17)20-3-6-7(15)8(16)9(12(19)21-6)22-11(18)5(2)14/h4-9,12,15-16,19H,3,13-14H2,1-2H3/t4-,5-,6+,7+,8-,9+,12+/m0/s1. The van der Waals surface area contributed by atoms with E-state index in [1.54, 1.807) is 0 Å². The molecular weight excluding hydrogens is 300 g/mol. The second-order valence-corrected chi connectivity index (χ2v) is 5.16. The first-order valence-electron chi connectivity index (χ1n) is 6.73. The summed E-state index contributed by atoms with van der Waals surface area (Å²) in [6, 6.07) is -1.84. The highest BCUT2D eigenvalue weighted by Crippen LogP contribution is 2.23. The maximum atomic E-state index is 11.4. The van der Waals surface area contributed by atoms with Gasteiger partial charge in [-0.3, -0.25) is 9.59 Å². The first kappa shape index (κ1) is 18.7. The molecule has 0 amide bonds. The van der Waals surface area contributed by atoms with Crippen LogP contribution in [0.15, 0.2) is 0 Å². The van der Waals surface area contributed by atoms with Gasteiger partial charge < -0.3 is 41.0 Å². The lowest BCUT2D eigenvalue weighted by Crippen LogP contribution is -2.60. The fraction of sp³-hybridized carbons (Fsp3) is 0.833. The van der Waals surface area contributed by atoms with Gasteiger partial charge in [0.05, 0.1) is 0 Å². The molecule has 0 aliphatic carbocycles. The predicted molar refractivity (Wildman–Crippen MR) is 71.0 cm³/mol. The molecule has 0 radical (unpaired) electrons. The number of ether oxygens (including phenoxy) is 3. The number of carbonyl (C=O) groups excluding carboxylic acids is 2. The van der Waals surface area contributed by atoms with Crippen LogP contribution < -0.4 is 11.5 Å². The molecule has 0 unspecified atom stereocenters. The molecule has 10 nitrogen and oxygen atoms in total. The van der Waals surface area contributed by atoms with Crippen LogP contribution in [0.3, 0.4) is 0 Å². The van der Waals surface area contributed by atoms with Crippen molar-refractivity contribution in [3.8, 4) is 0 Å². The molecule has 7 N–H and O–H groups in total. The second kappa shape index (κ2) is 7.81. The molecule has 0 aromatic carbocycles. The number of hydrogen-bond acceptors (Lipinski definition) is 10. The summed E-state index contributed by atoms with van der Waals surface area (Å²) in [6.07, 6.45) is -7.59. The Morgan fingerprint density at radius 2 is 1.64 bits per heavy atom. The van der Waals surface area contributed by atoms with Crippen LogP contribution in [0.25, 0.3) is 0 Å². The van der Waals surface area contributed by atoms with Crippen molar-refractivity contribution in [2.75, 3.05) is 6.61 Å². The third kappa shape index (κ3) is 4.60. The molecule has 0 aromatic rings. The van der Waals surface area contributed by atoms with Gasteiger partial charge in [0.15, 0.2) is 12.4 Å². The van der Waals surface area contributed by atoms with Crippen LogP contribution in [0.5, 0.6) is 0 Å². The smallest absolute Gasteiger partial charge is 0.323 e. The molecular formula is C12H22N2O8. The Morgan fingerprint density at radius 3 is 2.14 bits per heavy atom. The van der Waals surface area contributed by atoms with E-state index < -0.39 is 61.3 Å². The van der Waals surface area contributed by atoms with E-state index in [0.29, 0.717) is 0 Å². The molecule has 0 aromatic heterocycles. The van der Waals surface area contributed by atoms with E-state index in [1.807, 2.05) is 0 Å². The van der Waals surface area contributed by atoms with Gasteiger partial charge in [-0.1, -0.05) is 0 Å². The van der Waals surface area contributed by atoms with E-state index in [9.17, 15) is 24.9 Å². The second-order valence-electron chi connectivity index (χ2n) is 5.16. The van der Waals surface area contributed by atoms with Gasteiger partial charge in [0.25, 0.3) is 0 Å². The SMILES string of the molecule is C[C@H](N)C(=O)OC[C@H]1O[C@@H](O)[C@H](OC(=O)[C@H](C)N)[C@@H](O)[C@@H]1O. The molecule has 1 aliphatic rings. The normalized spacial score (nSPS) is 34.6. The van der Waals surface area contributed by atoms with Gasteiger partial charge in [-0.25, -0.2) is 0 Å². The molecule has 7 atom stereocenters. The van der Waals surface area contributed by atoms with E-state index in [0.717, 1.165) is 0 Å². The number of aliphatic hydroxyl groups is 3. The maximum Gasteiger partial charge on any atom is 0.323 e. The summed E-state index contributed by atoms with van der Waals surface area (Å²) in [5, 5.41) is 29.6. The zero-order chi connectivity index (χ0) is 17.0. The number of carbonyl (C=O) groups is 2. The minimum absolute atomic E-state index is 0.427. The van der Waals surface area contributed by atoms with Gasteiger partial charge >= 0.3 is 11.9 Å². The van der Waals surface area contributed by atoms with Crippen molar-refractivity contribution in [2.24, 2.45) is 11.5 Å². The summed E-state index contributed by atoms with van der Waals surface area (Å²) in [6.45, 7) is 2.34. The zero-order valence-corrected chi connectivity index (χ0v) is 12.3. The van der Waals surface area contributed by atoms with E-state index in [4.69, 9.17) is 25.7 Å². The minimum Gasteiger partial charge on any atom is -0.462 e. The molecule has 1 rings (SSSR count). The number of esters is 2. The topological polar surface area (TPSA) is 175 Å². The largest absolute Gasteiger partial charge is 0.462 e. The Balaban J connectivity index is 2.64. The van der Waals surface area contributed by atoms with Gasteiger partial charge in [-0.2, -0.15) is 0 Å². The maximum absolute atomic E-state index is 11.4. The number of nitrogens with two attached hydrogens (primary N) is 2. The first-order chi connectivity index (χ1) is 10.1. The summed E-state index contributed by atoms with van der Waals surface area (Å²) in [5.41, 5.74) is 10.6. The zero-order valence-electron chi connectivity index (χ0n) is 12.3. The molecule has 0 spiro atoms. The van der Waals surface area contributed by atoms with Crippen molar-refractivity contribution in [1.82, 2.24) is 0 Å². The Kier molecular flexibility index (Phi) is 6.66. The van der Waals surface area contributed by atoms with Gasteiger partial charge in [0.2, 0.25) is 0 Å². The first-order valence-corrected chi connectivity index (χ1v) is 6.73. The van der Waals surface area contributed by atoms with Crippen molar-refractivity contribution < 1.29 is 39.1 Å². The third-order valence-corrected chi connectivity index (χ3v) is 3.05. The number of rotatable bonds is 5. The van der Waals surface area contributed by atoms with Crippen LogP contribution in [0.1, 0.15) is 13.8 Å². The lowest BCUT2D eigenvalue weighted by molar-refractivity contribution is -0.291. The quantitative estimate of drug-likeness (QED) is 0.320. The van der Waals surface area contributed by atoms with Crippen molar-refractivity contribution in [2.45, 2.75) is 56.6 Å². The highest BCUT2D eigenvalue weighted by Gasteiger charge is 2.46. The Hall–Kier alpha value is -1.30. The van der Waals surface area contributed by atoms with E-state index in [2.05, 4.69) is 0 Å². The Bertz CT molecular complexity index is 401. The molecule has 1 fully saturated rings. The van der Waals surface area contributed by atoms with Crippen molar-refractivity contribution in [1.29, 1.82) is 0 Å². The number of aliphatic hydroxyl groups excluding tert-OH is 3. The summed E-state index contributed by atoms with van der Waals surface area (Å²) in [5.74, 6) is -1.61. The van der Waals surface area contributed by atoms with Crippen LogP contribution in [0, 0.1) is 0 Å². The van der Waals surface area contributed by atoms with Gasteiger partial charge in [-0.15, -0.1) is 0 Å². The molecule has 10 heteroatoms. The fourth-order valence-electron chi connectivity index (χ4n) is 1.72. The highest BCUT2D eigenvalue weighted by molar-refractivity contribution is 5.75. The predicted octanol–water partition coefficient (Wildman–Crippen LogP) is -3.43. The summed E-state index contributed by atoms with van der Waals surface area (Å²) < 4.78 is 14.6. The van der Waals surface area contributed by atoms with Crippen LogP contribution in [0.2, 0.25) is 0 Å². The van der Waals surface area contributed by atoms with Crippen LogP contribution in [0.4, 0.5) is 0 Å². The van der Waals surface area contributed by atoms with Crippen molar-refractivity contribution >= 4 is 11.9 Å². The van der Waals surface area contributed by atoms with Gasteiger partial charge in [0, 0.05) is 0 Å². The van der Waals surface area contributed by atoms with E-state index >= 15 is 0 Å². The van der Waals surface area contributed by atoms with E-state index in [-0.39, 0.29) is 0 Å². The highest BCUT2D eigenvalue weighted by atomic mass is 16.7. The average molecular weight is 322 g/mol. The molecule has 22 heavy (non-hydrogen) atoms. The summed E-state index contributed by atoms with van der Waals surface area (Å²) in [4.78, 5) is 22.6. The molecule has 0 bridgehead atoms. The molecule has 1 aliphatic heterocycles. The number of hydrogen-bond donors (Lipinski definition) is 5. The lowest BCUT2D eigenvalue weighted by atomic mass is 9.99. The summed E-state index contributed by atoms with van der Waals surface area (Å²) >= 11 is 0. The molecule has 1 saturated heterocycles. The molecule has 128 valence electrons. The minimum atomic E-state index is -1.71. The van der Waals surface area contributed by atoms with Gasteiger partial charge in [0.1, 0.15) is 37.0 Å². The van der Waals surface area contributed by atoms with Crippen LogP contribution in [-0.2, 0) is 23.8 Å². The third-order valence-electron chi connectivity index (χ3n) is 3.05. The summed E-state index contributed by atoms with van der Waals surface area (Å²) in [7, 11) is 0.